The number of unbranched alkanes of at least 4 members (excludes halogenated alkanes) is 4. The minimum absolute atomic E-state index is 0. The maximum absolute atomic E-state index is 5.08. The molecule has 0 bridgehead atoms. The summed E-state index contributed by atoms with van der Waals surface area (Å²) in [6.07, 6.45) is 6.86. The van der Waals surface area contributed by atoms with Crippen LogP contribution in [0.2, 0.25) is 0 Å². The van der Waals surface area contributed by atoms with Gasteiger partial charge in [0, 0.05) is 17.1 Å². The van der Waals surface area contributed by atoms with E-state index < -0.39 is 0 Å². The van der Waals surface area contributed by atoms with Crippen LogP contribution in [-0.4, -0.2) is 23.6 Å². The quantitative estimate of drug-likeness (QED) is 0.395. The van der Waals surface area contributed by atoms with E-state index in [1.54, 1.807) is 0 Å². The van der Waals surface area contributed by atoms with Gasteiger partial charge in [0.05, 0.1) is 13.2 Å². The number of hydrogen-bond donors (Lipinski definition) is 2. The van der Waals surface area contributed by atoms with E-state index in [0.29, 0.717) is 13.2 Å². The third-order valence-corrected chi connectivity index (χ3v) is 2.22. The zero-order valence-electron chi connectivity index (χ0n) is 11.7. The average Bonchev–Trinajstić information content (AvgIpc) is 2.31. The summed E-state index contributed by atoms with van der Waals surface area (Å²) in [5, 5.41) is 0.317. The SMILES string of the molecule is CCCCCOC(N)=S.CCCCCOC(N)=S.[Cu]. The standard InChI is InChI=1S/2C6H13NOS.Cu/c2*1-2-3-4-5-8-6(7)9;/h2*2-5H2,1H3,(H2,7,9);. The van der Waals surface area contributed by atoms with Crippen LogP contribution in [0.1, 0.15) is 52.4 Å². The van der Waals surface area contributed by atoms with Crippen LogP contribution in [0.25, 0.3) is 0 Å². The summed E-state index contributed by atoms with van der Waals surface area (Å²) in [7, 11) is 0. The molecule has 1 radical (unpaired) electrons. The van der Waals surface area contributed by atoms with Crippen LogP contribution < -0.4 is 11.5 Å². The van der Waals surface area contributed by atoms with Gasteiger partial charge in [-0.3, -0.25) is 0 Å². The van der Waals surface area contributed by atoms with Gasteiger partial charge in [-0.1, -0.05) is 39.5 Å². The molecule has 0 saturated carbocycles. The summed E-state index contributed by atoms with van der Waals surface area (Å²) in [5.41, 5.74) is 10.2. The van der Waals surface area contributed by atoms with Crippen molar-refractivity contribution in [2.75, 3.05) is 13.2 Å². The van der Waals surface area contributed by atoms with E-state index >= 15 is 0 Å². The van der Waals surface area contributed by atoms with Crippen LogP contribution in [0.5, 0.6) is 0 Å². The largest absolute Gasteiger partial charge is 0.471 e. The van der Waals surface area contributed by atoms with Crippen molar-refractivity contribution in [3.63, 3.8) is 0 Å². The third-order valence-electron chi connectivity index (χ3n) is 1.98. The predicted molar refractivity (Wildman–Crippen MR) is 84.5 cm³/mol. The second kappa shape index (κ2) is 20.2. The van der Waals surface area contributed by atoms with Gasteiger partial charge in [-0.15, -0.1) is 0 Å². The second-order valence-corrected chi connectivity index (χ2v) is 4.55. The molecule has 0 fully saturated rings. The maximum Gasteiger partial charge on any atom is 0.253 e. The van der Waals surface area contributed by atoms with E-state index in [1.807, 2.05) is 0 Å². The normalized spacial score (nSPS) is 8.53. The molecule has 0 aliphatic rings. The Hall–Kier alpha value is -0.101. The van der Waals surface area contributed by atoms with Crippen molar-refractivity contribution in [3.8, 4) is 0 Å². The smallest absolute Gasteiger partial charge is 0.253 e. The fourth-order valence-corrected chi connectivity index (χ4v) is 1.22. The summed E-state index contributed by atoms with van der Waals surface area (Å²) < 4.78 is 9.71. The first kappa shape index (κ1) is 24.0. The van der Waals surface area contributed by atoms with Crippen molar-refractivity contribution < 1.29 is 26.5 Å². The van der Waals surface area contributed by atoms with E-state index in [2.05, 4.69) is 38.3 Å². The summed E-state index contributed by atoms with van der Waals surface area (Å²) in [4.78, 5) is 0. The zero-order valence-corrected chi connectivity index (χ0v) is 14.3. The Labute approximate surface area is 138 Å². The molecule has 19 heavy (non-hydrogen) atoms. The molecule has 0 rings (SSSR count). The van der Waals surface area contributed by atoms with E-state index in [0.717, 1.165) is 12.8 Å². The summed E-state index contributed by atoms with van der Waals surface area (Å²) in [5.74, 6) is 0. The molecule has 0 atom stereocenters. The minimum Gasteiger partial charge on any atom is -0.471 e. The van der Waals surface area contributed by atoms with Gasteiger partial charge >= 0.3 is 0 Å². The molecule has 7 heteroatoms. The molecule has 0 aromatic rings. The van der Waals surface area contributed by atoms with Crippen LogP contribution in [0, 0.1) is 0 Å². The first-order valence-corrected chi connectivity index (χ1v) is 7.20. The molecule has 0 spiro atoms. The zero-order chi connectivity index (χ0) is 14.2. The Bertz CT molecular complexity index is 198. The van der Waals surface area contributed by atoms with E-state index in [4.69, 9.17) is 20.9 Å². The topological polar surface area (TPSA) is 70.5 Å². The molecule has 4 nitrogen and oxygen atoms in total. The van der Waals surface area contributed by atoms with E-state index in [1.165, 1.54) is 25.7 Å². The van der Waals surface area contributed by atoms with Gasteiger partial charge in [0.25, 0.3) is 10.3 Å². The second-order valence-electron chi connectivity index (χ2n) is 3.75. The number of thiocarbonyl (C=S) groups is 2. The average molecular weight is 358 g/mol. The fourth-order valence-electron chi connectivity index (χ4n) is 1.05. The molecule has 0 aromatic carbocycles. The third kappa shape index (κ3) is 32.0. The van der Waals surface area contributed by atoms with Gasteiger partial charge in [-0.2, -0.15) is 0 Å². The Kier molecular flexibility index (Phi) is 25.5. The van der Waals surface area contributed by atoms with E-state index in [9.17, 15) is 0 Å². The van der Waals surface area contributed by atoms with Crippen LogP contribution in [0.15, 0.2) is 0 Å². The Balaban J connectivity index is -0.000000256. The molecule has 119 valence electrons. The van der Waals surface area contributed by atoms with E-state index in [-0.39, 0.29) is 27.4 Å². The van der Waals surface area contributed by atoms with Gasteiger partial charge in [-0.25, -0.2) is 0 Å². The molecule has 0 aromatic heterocycles. The van der Waals surface area contributed by atoms with Crippen LogP contribution >= 0.6 is 24.4 Å². The first-order valence-electron chi connectivity index (χ1n) is 6.39. The van der Waals surface area contributed by atoms with Gasteiger partial charge in [0.2, 0.25) is 0 Å². The van der Waals surface area contributed by atoms with Gasteiger partial charge < -0.3 is 20.9 Å². The predicted octanol–water partition coefficient (Wildman–Crippen LogP) is 2.87. The fraction of sp³-hybridized carbons (Fsp3) is 0.833. The van der Waals surface area contributed by atoms with Crippen molar-refractivity contribution in [2.45, 2.75) is 52.4 Å². The Morgan fingerprint density at radius 1 is 0.789 bits per heavy atom. The van der Waals surface area contributed by atoms with Gasteiger partial charge in [0.15, 0.2) is 0 Å². The molecule has 0 aliphatic heterocycles. The van der Waals surface area contributed by atoms with Crippen LogP contribution in [-0.2, 0) is 26.5 Å². The summed E-state index contributed by atoms with van der Waals surface area (Å²) in [6.45, 7) is 5.62. The van der Waals surface area contributed by atoms with Crippen LogP contribution in [0.3, 0.4) is 0 Å². The number of rotatable bonds is 8. The molecule has 0 unspecified atom stereocenters. The van der Waals surface area contributed by atoms with Crippen molar-refractivity contribution in [3.05, 3.63) is 0 Å². The summed E-state index contributed by atoms with van der Waals surface area (Å²) >= 11 is 9.00. The van der Waals surface area contributed by atoms with Crippen molar-refractivity contribution in [1.82, 2.24) is 0 Å². The van der Waals surface area contributed by atoms with Gasteiger partial charge in [0.1, 0.15) is 0 Å². The molecule has 0 aliphatic carbocycles. The molecule has 0 amide bonds. The number of hydrogen-bond acceptors (Lipinski definition) is 4. The summed E-state index contributed by atoms with van der Waals surface area (Å²) in [6, 6.07) is 0. The molecular formula is C12H26CuN2O2S2. The van der Waals surface area contributed by atoms with Crippen molar-refractivity contribution >= 4 is 34.8 Å². The maximum atomic E-state index is 5.08. The number of nitrogens with two attached hydrogens (primary N) is 2. The number of ether oxygens (including phenoxy) is 2. The molecule has 4 N–H and O–H groups in total. The van der Waals surface area contributed by atoms with Crippen LogP contribution in [0.4, 0.5) is 0 Å². The Morgan fingerprint density at radius 3 is 1.32 bits per heavy atom. The molecule has 0 heterocycles. The minimum atomic E-state index is 0. The van der Waals surface area contributed by atoms with Crippen molar-refractivity contribution in [2.24, 2.45) is 11.5 Å². The monoisotopic (exact) mass is 357 g/mol. The first-order chi connectivity index (χ1) is 8.54. The van der Waals surface area contributed by atoms with Gasteiger partial charge in [-0.05, 0) is 37.3 Å². The Morgan fingerprint density at radius 2 is 1.11 bits per heavy atom. The van der Waals surface area contributed by atoms with Crippen molar-refractivity contribution in [1.29, 1.82) is 0 Å². The molecule has 0 saturated heterocycles. The molecular weight excluding hydrogens is 332 g/mol.